The first-order valence-corrected chi connectivity index (χ1v) is 9.44. The van der Waals surface area contributed by atoms with Gasteiger partial charge >= 0.3 is 0 Å². The lowest BCUT2D eigenvalue weighted by molar-refractivity contribution is -0.133. The van der Waals surface area contributed by atoms with Crippen LogP contribution in [0, 0.1) is 0 Å². The van der Waals surface area contributed by atoms with Gasteiger partial charge in [-0.3, -0.25) is 9.69 Å². The standard InChI is InChI=1S/C19H27N3O3/c23-18(22-10-3-4-11-22)13-21-9-5-7-19(15-21)12-16(14-24-19)25-17-6-1-2-8-20-17/h1-2,6,8,16H,3-5,7,9-15H2/t16-,19-/m1/s1. The fourth-order valence-electron chi connectivity index (χ4n) is 4.33. The molecule has 1 aromatic heterocycles. The lowest BCUT2D eigenvalue weighted by Gasteiger charge is -2.39. The fraction of sp³-hybridized carbons (Fsp3) is 0.684. The van der Waals surface area contributed by atoms with E-state index >= 15 is 0 Å². The van der Waals surface area contributed by atoms with Crippen LogP contribution in [0.3, 0.4) is 0 Å². The molecule has 0 radical (unpaired) electrons. The Morgan fingerprint density at radius 1 is 1.28 bits per heavy atom. The largest absolute Gasteiger partial charge is 0.472 e. The molecule has 25 heavy (non-hydrogen) atoms. The van der Waals surface area contributed by atoms with Crippen molar-refractivity contribution >= 4 is 5.91 Å². The number of hydrogen-bond acceptors (Lipinski definition) is 5. The summed E-state index contributed by atoms with van der Waals surface area (Å²) in [5, 5.41) is 0. The Balaban J connectivity index is 1.32. The van der Waals surface area contributed by atoms with Crippen molar-refractivity contribution in [2.45, 2.75) is 43.8 Å². The van der Waals surface area contributed by atoms with Crippen LogP contribution in [0.1, 0.15) is 32.1 Å². The number of ether oxygens (including phenoxy) is 2. The highest BCUT2D eigenvalue weighted by Gasteiger charge is 2.44. The zero-order valence-corrected chi connectivity index (χ0v) is 14.7. The smallest absolute Gasteiger partial charge is 0.236 e. The van der Waals surface area contributed by atoms with Crippen LogP contribution < -0.4 is 4.74 Å². The molecule has 0 bridgehead atoms. The number of amides is 1. The third kappa shape index (κ3) is 3.96. The molecule has 6 heteroatoms. The Labute approximate surface area is 149 Å². The van der Waals surface area contributed by atoms with Crippen LogP contribution in [0.25, 0.3) is 0 Å². The highest BCUT2D eigenvalue weighted by molar-refractivity contribution is 5.78. The van der Waals surface area contributed by atoms with Crippen LogP contribution in [0.15, 0.2) is 24.4 Å². The van der Waals surface area contributed by atoms with Gasteiger partial charge in [-0.05, 0) is 38.3 Å². The average molecular weight is 345 g/mol. The second-order valence-electron chi connectivity index (χ2n) is 7.51. The summed E-state index contributed by atoms with van der Waals surface area (Å²) in [6.45, 7) is 4.79. The van der Waals surface area contributed by atoms with E-state index in [0.717, 1.165) is 58.3 Å². The average Bonchev–Trinajstić information content (AvgIpc) is 3.27. The molecular formula is C19H27N3O3. The van der Waals surface area contributed by atoms with Crippen LogP contribution in [0.4, 0.5) is 0 Å². The SMILES string of the molecule is O=C(CN1CCC[C@@]2(C[C@@H](Oc3ccccn3)CO2)C1)N1CCCC1. The molecule has 4 rings (SSSR count). The molecule has 3 aliphatic heterocycles. The molecule has 136 valence electrons. The Morgan fingerprint density at radius 3 is 2.96 bits per heavy atom. The molecule has 0 N–H and O–H groups in total. The third-order valence-electron chi connectivity index (χ3n) is 5.54. The summed E-state index contributed by atoms with van der Waals surface area (Å²) < 4.78 is 12.2. The first-order chi connectivity index (χ1) is 12.2. The first kappa shape index (κ1) is 16.8. The topological polar surface area (TPSA) is 54.9 Å². The van der Waals surface area contributed by atoms with Crippen molar-refractivity contribution in [2.75, 3.05) is 39.3 Å². The molecule has 0 saturated carbocycles. The summed E-state index contributed by atoms with van der Waals surface area (Å²) in [4.78, 5) is 20.9. The Bertz CT molecular complexity index is 591. The first-order valence-electron chi connectivity index (χ1n) is 9.44. The number of carbonyl (C=O) groups is 1. The van der Waals surface area contributed by atoms with Crippen molar-refractivity contribution in [3.63, 3.8) is 0 Å². The summed E-state index contributed by atoms with van der Waals surface area (Å²) in [7, 11) is 0. The van der Waals surface area contributed by atoms with Gasteiger partial charge in [0, 0.05) is 38.3 Å². The van der Waals surface area contributed by atoms with E-state index in [1.54, 1.807) is 6.20 Å². The minimum atomic E-state index is -0.164. The normalized spacial score (nSPS) is 30.1. The second kappa shape index (κ2) is 7.30. The van der Waals surface area contributed by atoms with Gasteiger partial charge in [-0.25, -0.2) is 4.98 Å². The maximum Gasteiger partial charge on any atom is 0.236 e. The summed E-state index contributed by atoms with van der Waals surface area (Å²) >= 11 is 0. The maximum absolute atomic E-state index is 12.4. The van der Waals surface area contributed by atoms with Crippen LogP contribution >= 0.6 is 0 Å². The number of likely N-dealkylation sites (tertiary alicyclic amines) is 2. The van der Waals surface area contributed by atoms with Crippen molar-refractivity contribution in [3.8, 4) is 5.88 Å². The number of carbonyl (C=O) groups excluding carboxylic acids is 1. The molecule has 3 saturated heterocycles. The maximum atomic E-state index is 12.4. The van der Waals surface area contributed by atoms with Gasteiger partial charge < -0.3 is 14.4 Å². The van der Waals surface area contributed by atoms with Gasteiger partial charge in [-0.2, -0.15) is 0 Å². The molecule has 0 unspecified atom stereocenters. The molecule has 1 spiro atoms. The monoisotopic (exact) mass is 345 g/mol. The summed E-state index contributed by atoms with van der Waals surface area (Å²) in [6.07, 6.45) is 7.07. The van der Waals surface area contributed by atoms with Crippen LogP contribution in [-0.2, 0) is 9.53 Å². The summed E-state index contributed by atoms with van der Waals surface area (Å²) in [6, 6.07) is 5.70. The molecule has 0 aliphatic carbocycles. The second-order valence-corrected chi connectivity index (χ2v) is 7.51. The zero-order chi connectivity index (χ0) is 17.1. The van der Waals surface area contributed by atoms with Crippen LogP contribution in [0.5, 0.6) is 5.88 Å². The molecule has 2 atom stereocenters. The van der Waals surface area contributed by atoms with E-state index in [4.69, 9.17) is 9.47 Å². The van der Waals surface area contributed by atoms with Crippen molar-refractivity contribution in [1.29, 1.82) is 0 Å². The minimum Gasteiger partial charge on any atom is -0.472 e. The van der Waals surface area contributed by atoms with E-state index in [1.807, 2.05) is 23.1 Å². The lowest BCUT2D eigenvalue weighted by atomic mass is 9.89. The van der Waals surface area contributed by atoms with Crippen LogP contribution in [0.2, 0.25) is 0 Å². The molecule has 3 aliphatic rings. The molecule has 1 amide bonds. The van der Waals surface area contributed by atoms with E-state index in [9.17, 15) is 4.79 Å². The summed E-state index contributed by atoms with van der Waals surface area (Å²) in [5.74, 6) is 0.929. The number of rotatable bonds is 4. The predicted molar refractivity (Wildman–Crippen MR) is 93.4 cm³/mol. The Morgan fingerprint density at radius 2 is 2.16 bits per heavy atom. The quantitative estimate of drug-likeness (QED) is 0.831. The molecule has 1 aromatic rings. The van der Waals surface area contributed by atoms with Crippen molar-refractivity contribution in [3.05, 3.63) is 24.4 Å². The van der Waals surface area contributed by atoms with Gasteiger partial charge in [0.1, 0.15) is 6.10 Å². The van der Waals surface area contributed by atoms with Gasteiger partial charge in [-0.15, -0.1) is 0 Å². The van der Waals surface area contributed by atoms with Crippen LogP contribution in [-0.4, -0.2) is 71.7 Å². The Kier molecular flexibility index (Phi) is 4.90. The predicted octanol–water partition coefficient (Wildman–Crippen LogP) is 1.71. The van der Waals surface area contributed by atoms with E-state index in [-0.39, 0.29) is 17.6 Å². The van der Waals surface area contributed by atoms with E-state index < -0.39 is 0 Å². The number of piperidine rings is 1. The van der Waals surface area contributed by atoms with Gasteiger partial charge in [0.25, 0.3) is 0 Å². The zero-order valence-electron chi connectivity index (χ0n) is 14.7. The van der Waals surface area contributed by atoms with Gasteiger partial charge in [0.15, 0.2) is 0 Å². The van der Waals surface area contributed by atoms with Crippen molar-refractivity contribution in [1.82, 2.24) is 14.8 Å². The molecular weight excluding hydrogens is 318 g/mol. The van der Waals surface area contributed by atoms with Crippen molar-refractivity contribution < 1.29 is 14.3 Å². The summed E-state index contributed by atoms with van der Waals surface area (Å²) in [5.41, 5.74) is -0.164. The number of hydrogen-bond donors (Lipinski definition) is 0. The van der Waals surface area contributed by atoms with Crippen molar-refractivity contribution in [2.24, 2.45) is 0 Å². The van der Waals surface area contributed by atoms with E-state index in [2.05, 4.69) is 9.88 Å². The molecule has 0 aromatic carbocycles. The van der Waals surface area contributed by atoms with Gasteiger partial charge in [0.2, 0.25) is 11.8 Å². The van der Waals surface area contributed by atoms with Gasteiger partial charge in [0.05, 0.1) is 18.8 Å². The molecule has 3 fully saturated rings. The number of nitrogens with zero attached hydrogens (tertiary/aromatic N) is 3. The fourth-order valence-corrected chi connectivity index (χ4v) is 4.33. The molecule has 4 heterocycles. The highest BCUT2D eigenvalue weighted by atomic mass is 16.6. The highest BCUT2D eigenvalue weighted by Crippen LogP contribution is 2.36. The lowest BCUT2D eigenvalue weighted by Crippen LogP contribution is -2.51. The van der Waals surface area contributed by atoms with Gasteiger partial charge in [-0.1, -0.05) is 6.07 Å². The van der Waals surface area contributed by atoms with E-state index in [0.29, 0.717) is 19.0 Å². The Hall–Kier alpha value is -1.66. The molecule has 6 nitrogen and oxygen atoms in total. The number of aromatic nitrogens is 1. The van der Waals surface area contributed by atoms with E-state index in [1.165, 1.54) is 0 Å². The third-order valence-corrected chi connectivity index (χ3v) is 5.54. The number of pyridine rings is 1. The minimum absolute atomic E-state index is 0.0455.